The van der Waals surface area contributed by atoms with Crippen molar-refractivity contribution in [1.29, 1.82) is 5.26 Å². The molecule has 6 nitrogen and oxygen atoms in total. The molecule has 1 amide bonds. The Morgan fingerprint density at radius 1 is 1.24 bits per heavy atom. The van der Waals surface area contributed by atoms with Crippen LogP contribution in [-0.2, 0) is 17.9 Å². The summed E-state index contributed by atoms with van der Waals surface area (Å²) in [7, 11) is 3.14. The number of aromatic nitrogens is 1. The van der Waals surface area contributed by atoms with Crippen LogP contribution in [-0.4, -0.2) is 24.7 Å². The van der Waals surface area contributed by atoms with Crippen LogP contribution in [0.4, 0.5) is 0 Å². The smallest absolute Gasteiger partial charge is 0.262 e. The Kier molecular flexibility index (Phi) is 7.49. The van der Waals surface area contributed by atoms with Crippen LogP contribution in [0.1, 0.15) is 36.4 Å². The average Bonchev–Trinajstić information content (AvgIpc) is 2.96. The molecule has 0 fully saturated rings. The van der Waals surface area contributed by atoms with E-state index < -0.39 is 5.91 Å². The Morgan fingerprint density at radius 2 is 1.97 bits per heavy atom. The minimum Gasteiger partial charge on any atom is -0.497 e. The van der Waals surface area contributed by atoms with E-state index in [-0.39, 0.29) is 12.1 Å². The Hall–Kier alpha value is -3.20. The number of benzene rings is 1. The van der Waals surface area contributed by atoms with Crippen LogP contribution in [0, 0.1) is 31.1 Å². The van der Waals surface area contributed by atoms with Crippen LogP contribution in [0.25, 0.3) is 6.08 Å². The molecule has 0 aliphatic rings. The quantitative estimate of drug-likeness (QED) is 0.541. The van der Waals surface area contributed by atoms with Gasteiger partial charge in [0, 0.05) is 36.1 Å². The zero-order valence-corrected chi connectivity index (χ0v) is 18.0. The number of methoxy groups -OCH3 is 2. The van der Waals surface area contributed by atoms with Gasteiger partial charge in [-0.15, -0.1) is 0 Å². The van der Waals surface area contributed by atoms with Crippen LogP contribution in [0.5, 0.6) is 11.5 Å². The van der Waals surface area contributed by atoms with E-state index >= 15 is 0 Å². The minimum atomic E-state index is -0.418. The van der Waals surface area contributed by atoms with Crippen LogP contribution in [0.15, 0.2) is 29.8 Å². The van der Waals surface area contributed by atoms with E-state index in [4.69, 9.17) is 9.47 Å². The zero-order valence-electron chi connectivity index (χ0n) is 18.0. The first-order chi connectivity index (χ1) is 13.8. The van der Waals surface area contributed by atoms with Crippen molar-refractivity contribution in [3.05, 3.63) is 52.4 Å². The molecule has 29 heavy (non-hydrogen) atoms. The molecule has 1 N–H and O–H groups in total. The number of hydrogen-bond acceptors (Lipinski definition) is 4. The van der Waals surface area contributed by atoms with Gasteiger partial charge in [0.15, 0.2) is 0 Å². The lowest BCUT2D eigenvalue weighted by Crippen LogP contribution is -2.24. The van der Waals surface area contributed by atoms with Crippen molar-refractivity contribution in [2.75, 3.05) is 14.2 Å². The fourth-order valence-corrected chi connectivity index (χ4v) is 3.19. The van der Waals surface area contributed by atoms with Gasteiger partial charge in [0.1, 0.15) is 23.1 Å². The molecule has 2 rings (SSSR count). The van der Waals surface area contributed by atoms with Crippen molar-refractivity contribution in [1.82, 2.24) is 9.88 Å². The average molecular weight is 396 g/mol. The first-order valence-electron chi connectivity index (χ1n) is 9.58. The second kappa shape index (κ2) is 9.83. The van der Waals surface area contributed by atoms with Gasteiger partial charge in [0.25, 0.3) is 5.91 Å². The Morgan fingerprint density at radius 3 is 2.55 bits per heavy atom. The molecule has 0 unspecified atom stereocenters. The van der Waals surface area contributed by atoms with E-state index in [9.17, 15) is 10.1 Å². The van der Waals surface area contributed by atoms with Crippen molar-refractivity contribution in [3.8, 4) is 17.6 Å². The van der Waals surface area contributed by atoms with E-state index in [1.165, 1.54) is 0 Å². The van der Waals surface area contributed by atoms with Gasteiger partial charge in [0.05, 0.1) is 14.2 Å². The normalized spacial score (nSPS) is 11.3. The monoisotopic (exact) mass is 395 g/mol. The second-order valence-corrected chi connectivity index (χ2v) is 7.36. The maximum Gasteiger partial charge on any atom is 0.262 e. The summed E-state index contributed by atoms with van der Waals surface area (Å²) in [4.78, 5) is 12.6. The SMILES string of the molecule is COc1ccc(CNC(=O)/C(C#N)=C/c2cc(C)n(CC(C)C)c2C)c(OC)c1. The highest BCUT2D eigenvalue weighted by atomic mass is 16.5. The number of nitriles is 1. The number of carbonyl (C=O) groups excluding carboxylic acids is 1. The summed E-state index contributed by atoms with van der Waals surface area (Å²) in [6, 6.07) is 9.41. The number of nitrogens with one attached hydrogen (secondary N) is 1. The van der Waals surface area contributed by atoms with Gasteiger partial charge in [-0.3, -0.25) is 4.79 Å². The Bertz CT molecular complexity index is 949. The van der Waals surface area contributed by atoms with Gasteiger partial charge in [-0.25, -0.2) is 0 Å². The number of hydrogen-bond donors (Lipinski definition) is 1. The maximum absolute atomic E-state index is 12.6. The van der Waals surface area contributed by atoms with Gasteiger partial charge in [-0.1, -0.05) is 13.8 Å². The molecule has 1 heterocycles. The minimum absolute atomic E-state index is 0.0716. The van der Waals surface area contributed by atoms with Crippen LogP contribution in [0.2, 0.25) is 0 Å². The van der Waals surface area contributed by atoms with E-state index in [0.29, 0.717) is 17.4 Å². The third kappa shape index (κ3) is 5.41. The van der Waals surface area contributed by atoms with Gasteiger partial charge in [-0.05, 0) is 49.6 Å². The van der Waals surface area contributed by atoms with Gasteiger partial charge >= 0.3 is 0 Å². The van der Waals surface area contributed by atoms with Gasteiger partial charge in [0.2, 0.25) is 0 Å². The number of nitrogens with zero attached hydrogens (tertiary/aromatic N) is 2. The fourth-order valence-electron chi connectivity index (χ4n) is 3.19. The predicted octanol–water partition coefficient (Wildman–Crippen LogP) is 4.00. The first kappa shape index (κ1) is 22.1. The molecule has 0 aliphatic carbocycles. The highest BCUT2D eigenvalue weighted by Crippen LogP contribution is 2.24. The molecule has 1 aromatic heterocycles. The number of amides is 1. The molecule has 6 heteroatoms. The topological polar surface area (TPSA) is 76.3 Å². The van der Waals surface area contributed by atoms with E-state index in [0.717, 1.165) is 29.1 Å². The molecule has 0 atom stereocenters. The van der Waals surface area contributed by atoms with Crippen LogP contribution < -0.4 is 14.8 Å². The standard InChI is InChI=1S/C23H29N3O3/c1-15(2)14-26-16(3)9-19(17(26)4)10-20(12-24)23(27)25-13-18-7-8-21(28-5)11-22(18)29-6/h7-11,15H,13-14H2,1-6H3,(H,25,27)/b20-10+. The summed E-state index contributed by atoms with van der Waals surface area (Å²) in [6.07, 6.45) is 1.65. The molecule has 0 saturated carbocycles. The van der Waals surface area contributed by atoms with Gasteiger partial charge < -0.3 is 19.4 Å². The molecule has 0 aliphatic heterocycles. The number of carbonyl (C=O) groups is 1. The molecular weight excluding hydrogens is 366 g/mol. The van der Waals surface area contributed by atoms with Crippen molar-refractivity contribution >= 4 is 12.0 Å². The molecule has 0 radical (unpaired) electrons. The summed E-state index contributed by atoms with van der Waals surface area (Å²) in [5.74, 6) is 1.38. The molecule has 0 spiro atoms. The second-order valence-electron chi connectivity index (χ2n) is 7.36. The highest BCUT2D eigenvalue weighted by molar-refractivity contribution is 6.01. The molecule has 2 aromatic rings. The molecule has 0 bridgehead atoms. The Balaban J connectivity index is 2.19. The summed E-state index contributed by atoms with van der Waals surface area (Å²) in [6.45, 7) is 9.52. The number of ether oxygens (including phenoxy) is 2. The van der Waals surface area contributed by atoms with E-state index in [2.05, 4.69) is 23.7 Å². The summed E-state index contributed by atoms with van der Waals surface area (Å²) in [5, 5.41) is 12.3. The number of aryl methyl sites for hydroxylation is 1. The Labute approximate surface area is 172 Å². The van der Waals surface area contributed by atoms with E-state index in [1.807, 2.05) is 32.0 Å². The van der Waals surface area contributed by atoms with Gasteiger partial charge in [-0.2, -0.15) is 5.26 Å². The number of rotatable bonds is 8. The third-order valence-electron chi connectivity index (χ3n) is 4.76. The molecule has 1 aromatic carbocycles. The fraction of sp³-hybridized carbons (Fsp3) is 0.391. The summed E-state index contributed by atoms with van der Waals surface area (Å²) < 4.78 is 12.8. The highest BCUT2D eigenvalue weighted by Gasteiger charge is 2.14. The lowest BCUT2D eigenvalue weighted by atomic mass is 10.1. The van der Waals surface area contributed by atoms with Crippen molar-refractivity contribution in [3.63, 3.8) is 0 Å². The lowest BCUT2D eigenvalue weighted by Gasteiger charge is -2.12. The van der Waals surface area contributed by atoms with Crippen LogP contribution >= 0.6 is 0 Å². The zero-order chi connectivity index (χ0) is 21.6. The summed E-state index contributed by atoms with van der Waals surface area (Å²) >= 11 is 0. The first-order valence-corrected chi connectivity index (χ1v) is 9.58. The predicted molar refractivity (Wildman–Crippen MR) is 114 cm³/mol. The lowest BCUT2D eigenvalue weighted by molar-refractivity contribution is -0.117. The van der Waals surface area contributed by atoms with Crippen LogP contribution in [0.3, 0.4) is 0 Å². The molecule has 154 valence electrons. The maximum atomic E-state index is 12.6. The van der Waals surface area contributed by atoms with Crippen molar-refractivity contribution in [2.45, 2.75) is 40.8 Å². The largest absolute Gasteiger partial charge is 0.497 e. The molecule has 0 saturated heterocycles. The third-order valence-corrected chi connectivity index (χ3v) is 4.76. The molecular formula is C23H29N3O3. The van der Waals surface area contributed by atoms with Crippen molar-refractivity contribution in [2.24, 2.45) is 5.92 Å². The van der Waals surface area contributed by atoms with E-state index in [1.54, 1.807) is 32.4 Å². The van der Waals surface area contributed by atoms with Crippen molar-refractivity contribution < 1.29 is 14.3 Å². The summed E-state index contributed by atoms with van der Waals surface area (Å²) in [5.41, 5.74) is 3.92.